The predicted molar refractivity (Wildman–Crippen MR) is 93.7 cm³/mol. The zero-order chi connectivity index (χ0) is 18.3. The molecule has 26 heavy (non-hydrogen) atoms. The summed E-state index contributed by atoms with van der Waals surface area (Å²) >= 11 is 0. The van der Waals surface area contributed by atoms with Crippen molar-refractivity contribution in [1.29, 1.82) is 0 Å². The number of ether oxygens (including phenoxy) is 1. The van der Waals surface area contributed by atoms with Crippen molar-refractivity contribution in [2.24, 2.45) is 0 Å². The molecule has 0 aliphatic rings. The quantitative estimate of drug-likeness (QED) is 0.607. The second-order valence-electron chi connectivity index (χ2n) is 5.79. The molecule has 0 atom stereocenters. The number of halogens is 1. The molecule has 0 spiro atoms. The summed E-state index contributed by atoms with van der Waals surface area (Å²) in [6.07, 6.45) is 1.55. The van der Waals surface area contributed by atoms with Gasteiger partial charge in [-0.05, 0) is 42.0 Å². The number of aromatic amines is 1. The number of aromatic nitrogens is 4. The molecule has 4 rings (SSSR count). The summed E-state index contributed by atoms with van der Waals surface area (Å²) in [6, 6.07) is 12.9. The van der Waals surface area contributed by atoms with Crippen LogP contribution in [0.4, 0.5) is 4.39 Å². The average molecular weight is 354 g/mol. The van der Waals surface area contributed by atoms with Crippen LogP contribution in [0.1, 0.15) is 5.56 Å². The molecule has 4 aromatic rings. The fourth-order valence-corrected chi connectivity index (χ4v) is 2.90. The van der Waals surface area contributed by atoms with Gasteiger partial charge in [-0.25, -0.2) is 18.7 Å². The summed E-state index contributed by atoms with van der Waals surface area (Å²) in [5.41, 5.74) is 0.727. The summed E-state index contributed by atoms with van der Waals surface area (Å²) in [4.78, 5) is 27.7. The van der Waals surface area contributed by atoms with Gasteiger partial charge in [-0.1, -0.05) is 12.1 Å². The van der Waals surface area contributed by atoms with Crippen LogP contribution in [0.5, 0.6) is 5.75 Å². The van der Waals surface area contributed by atoms with E-state index < -0.39 is 17.2 Å². The lowest BCUT2D eigenvalue weighted by Crippen LogP contribution is -2.29. The summed E-state index contributed by atoms with van der Waals surface area (Å²) < 4.78 is 22.4. The van der Waals surface area contributed by atoms with Crippen LogP contribution in [0.25, 0.3) is 11.3 Å². The Bertz CT molecular complexity index is 1200. The van der Waals surface area contributed by atoms with Crippen LogP contribution in [0, 0.1) is 5.82 Å². The van der Waals surface area contributed by atoms with Crippen LogP contribution in [0.2, 0.25) is 0 Å². The second-order valence-corrected chi connectivity index (χ2v) is 5.79. The molecular formula is C18H15FN4O3. The summed E-state index contributed by atoms with van der Waals surface area (Å²) in [5.74, 6) is 0.278. The molecule has 0 bridgehead atoms. The number of nitrogens with one attached hydrogen (secondary N) is 1. The molecule has 7 nitrogen and oxygen atoms in total. The van der Waals surface area contributed by atoms with Gasteiger partial charge in [-0.2, -0.15) is 4.52 Å². The summed E-state index contributed by atoms with van der Waals surface area (Å²) in [6.45, 7) is 0.0725. The van der Waals surface area contributed by atoms with E-state index in [1.54, 1.807) is 49.7 Å². The Kier molecular flexibility index (Phi) is 3.72. The van der Waals surface area contributed by atoms with Crippen molar-refractivity contribution in [3.05, 3.63) is 87.1 Å². The van der Waals surface area contributed by atoms with Crippen molar-refractivity contribution in [1.82, 2.24) is 18.7 Å². The molecule has 8 heteroatoms. The van der Waals surface area contributed by atoms with E-state index >= 15 is 0 Å². The Morgan fingerprint density at radius 1 is 1.12 bits per heavy atom. The number of imidazole rings is 1. The van der Waals surface area contributed by atoms with Gasteiger partial charge in [-0.3, -0.25) is 9.55 Å². The molecule has 0 aliphatic carbocycles. The molecule has 2 heterocycles. The first-order chi connectivity index (χ1) is 12.6. The number of hydrogen-bond acceptors (Lipinski definition) is 3. The molecule has 0 amide bonds. The predicted octanol–water partition coefficient (Wildman–Crippen LogP) is 1.78. The van der Waals surface area contributed by atoms with Crippen molar-refractivity contribution in [2.75, 3.05) is 7.11 Å². The molecular weight excluding hydrogens is 339 g/mol. The highest BCUT2D eigenvalue weighted by Crippen LogP contribution is 2.14. The average Bonchev–Trinajstić information content (AvgIpc) is 3.11. The third-order valence-electron chi connectivity index (χ3n) is 4.15. The van der Waals surface area contributed by atoms with Gasteiger partial charge in [0.2, 0.25) is 0 Å². The second kappa shape index (κ2) is 6.07. The monoisotopic (exact) mass is 354 g/mol. The SMILES string of the molecule is COc1ccc(-n2cc3[nH]c(=O)n(Cc4cccc(F)c4)n3c2=O)cc1. The highest BCUT2D eigenvalue weighted by atomic mass is 19.1. The normalized spacial score (nSPS) is 11.2. The van der Waals surface area contributed by atoms with Crippen LogP contribution in [-0.4, -0.2) is 25.9 Å². The fraction of sp³-hybridized carbons (Fsp3) is 0.111. The molecule has 2 aromatic carbocycles. The van der Waals surface area contributed by atoms with E-state index in [4.69, 9.17) is 4.74 Å². The minimum absolute atomic E-state index is 0.0725. The lowest BCUT2D eigenvalue weighted by molar-refractivity contribution is 0.414. The van der Waals surface area contributed by atoms with Gasteiger partial charge < -0.3 is 4.74 Å². The van der Waals surface area contributed by atoms with Gasteiger partial charge in [-0.15, -0.1) is 0 Å². The molecule has 0 aliphatic heterocycles. The minimum atomic E-state index is -0.441. The molecule has 2 aromatic heterocycles. The van der Waals surface area contributed by atoms with Gasteiger partial charge in [0.15, 0.2) is 5.65 Å². The van der Waals surface area contributed by atoms with E-state index in [1.807, 2.05) is 0 Å². The Morgan fingerprint density at radius 3 is 2.58 bits per heavy atom. The smallest absolute Gasteiger partial charge is 0.353 e. The largest absolute Gasteiger partial charge is 0.497 e. The molecule has 0 radical (unpaired) electrons. The third kappa shape index (κ3) is 2.61. The maximum Gasteiger partial charge on any atom is 0.353 e. The van der Waals surface area contributed by atoms with Gasteiger partial charge in [0.25, 0.3) is 0 Å². The molecule has 0 fully saturated rings. The first kappa shape index (κ1) is 15.9. The zero-order valence-corrected chi connectivity index (χ0v) is 13.8. The Morgan fingerprint density at radius 2 is 1.88 bits per heavy atom. The van der Waals surface area contributed by atoms with E-state index in [0.29, 0.717) is 22.6 Å². The van der Waals surface area contributed by atoms with Gasteiger partial charge in [0.1, 0.15) is 11.6 Å². The number of methoxy groups -OCH3 is 1. The first-order valence-corrected chi connectivity index (χ1v) is 7.89. The van der Waals surface area contributed by atoms with Crippen molar-refractivity contribution in [3.8, 4) is 11.4 Å². The van der Waals surface area contributed by atoms with Crippen LogP contribution in [0.15, 0.2) is 64.3 Å². The summed E-state index contributed by atoms with van der Waals surface area (Å²) in [7, 11) is 1.56. The van der Waals surface area contributed by atoms with E-state index in [1.165, 1.54) is 25.9 Å². The molecule has 0 saturated carbocycles. The molecule has 0 saturated heterocycles. The van der Waals surface area contributed by atoms with E-state index in [0.717, 1.165) is 0 Å². The minimum Gasteiger partial charge on any atom is -0.497 e. The van der Waals surface area contributed by atoms with Crippen molar-refractivity contribution in [3.63, 3.8) is 0 Å². The number of hydrogen-bond donors (Lipinski definition) is 1. The number of H-pyrrole nitrogens is 1. The van der Waals surface area contributed by atoms with E-state index in [9.17, 15) is 14.0 Å². The van der Waals surface area contributed by atoms with Gasteiger partial charge in [0.05, 0.1) is 25.5 Å². The standard InChI is InChI=1S/C18H15FN4O3/c1-26-15-7-5-14(6-8-15)21-11-16-20-17(24)22(23(16)18(21)25)10-12-3-2-4-13(19)9-12/h2-9,11H,10H2,1H3,(H,20,24). The lowest BCUT2D eigenvalue weighted by atomic mass is 10.2. The fourth-order valence-electron chi connectivity index (χ4n) is 2.90. The number of nitrogens with zero attached hydrogens (tertiary/aromatic N) is 3. The third-order valence-corrected chi connectivity index (χ3v) is 4.15. The maximum absolute atomic E-state index is 13.4. The Balaban J connectivity index is 1.82. The van der Waals surface area contributed by atoms with Crippen LogP contribution < -0.4 is 16.1 Å². The highest BCUT2D eigenvalue weighted by molar-refractivity contribution is 5.43. The van der Waals surface area contributed by atoms with Crippen molar-refractivity contribution in [2.45, 2.75) is 6.54 Å². The molecule has 132 valence electrons. The number of benzene rings is 2. The van der Waals surface area contributed by atoms with Crippen LogP contribution >= 0.6 is 0 Å². The van der Waals surface area contributed by atoms with Crippen molar-refractivity contribution < 1.29 is 9.13 Å². The van der Waals surface area contributed by atoms with Crippen molar-refractivity contribution >= 4 is 5.65 Å². The Hall–Kier alpha value is -3.55. The zero-order valence-electron chi connectivity index (χ0n) is 13.8. The summed E-state index contributed by atoms with van der Waals surface area (Å²) in [5, 5.41) is 0. The lowest BCUT2D eigenvalue weighted by Gasteiger charge is -2.05. The van der Waals surface area contributed by atoms with E-state index in [2.05, 4.69) is 4.98 Å². The van der Waals surface area contributed by atoms with Gasteiger partial charge >= 0.3 is 11.4 Å². The maximum atomic E-state index is 13.4. The van der Waals surface area contributed by atoms with Crippen LogP contribution in [-0.2, 0) is 6.54 Å². The van der Waals surface area contributed by atoms with Gasteiger partial charge in [0, 0.05) is 0 Å². The number of rotatable bonds is 4. The Labute approximate surface area is 146 Å². The highest BCUT2D eigenvalue weighted by Gasteiger charge is 2.14. The van der Waals surface area contributed by atoms with E-state index in [-0.39, 0.29) is 6.54 Å². The first-order valence-electron chi connectivity index (χ1n) is 7.89. The molecule has 0 unspecified atom stereocenters. The topological polar surface area (TPSA) is 73.4 Å². The molecule has 1 N–H and O–H groups in total. The van der Waals surface area contributed by atoms with Crippen LogP contribution in [0.3, 0.4) is 0 Å². The number of fused-ring (bicyclic) bond motifs is 1.